The molecule has 5 rings (SSSR count). The molecule has 0 spiro atoms. The predicted octanol–water partition coefficient (Wildman–Crippen LogP) is 5.48. The summed E-state index contributed by atoms with van der Waals surface area (Å²) in [5, 5.41) is 2.71. The van der Waals surface area contributed by atoms with Gasteiger partial charge in [0.15, 0.2) is 11.5 Å². The van der Waals surface area contributed by atoms with Crippen molar-refractivity contribution < 1.29 is 9.47 Å². The number of hydrogen-bond donors (Lipinski definition) is 1. The third kappa shape index (κ3) is 3.80. The quantitative estimate of drug-likeness (QED) is 0.424. The molecule has 0 saturated heterocycles. The topological polar surface area (TPSA) is 64.2 Å². The summed E-state index contributed by atoms with van der Waals surface area (Å²) in [5.74, 6) is 2.82. The fourth-order valence-electron chi connectivity index (χ4n) is 3.21. The third-order valence-corrected chi connectivity index (χ3v) is 7.50. The van der Waals surface area contributed by atoms with Crippen molar-refractivity contribution in [3.8, 4) is 21.9 Å². The van der Waals surface area contributed by atoms with Crippen LogP contribution in [-0.2, 0) is 5.75 Å². The average Bonchev–Trinajstić information content (AvgIpc) is 3.26. The van der Waals surface area contributed by atoms with Crippen LogP contribution >= 0.6 is 34.4 Å². The summed E-state index contributed by atoms with van der Waals surface area (Å²) < 4.78 is 11.4. The molecule has 3 aromatic heterocycles. The summed E-state index contributed by atoms with van der Waals surface area (Å²) in [5.41, 5.74) is 0.894. The van der Waals surface area contributed by atoms with Gasteiger partial charge in [0.2, 0.25) is 0 Å². The van der Waals surface area contributed by atoms with E-state index < -0.39 is 0 Å². The van der Waals surface area contributed by atoms with Crippen LogP contribution in [0.2, 0.25) is 0 Å². The van der Waals surface area contributed by atoms with Crippen molar-refractivity contribution in [1.29, 1.82) is 0 Å². The zero-order valence-corrected chi connectivity index (χ0v) is 18.1. The minimum absolute atomic E-state index is 0.0773. The SMILES string of the molecule is Cc1ccc(-c2csc3nc(CSc4ccc5c(c4)OCCCO5)[nH]c(=O)c23)s1. The highest BCUT2D eigenvalue weighted by atomic mass is 32.2. The number of thioether (sulfide) groups is 1. The number of aromatic amines is 1. The lowest BCUT2D eigenvalue weighted by atomic mass is 10.2. The number of benzene rings is 1. The van der Waals surface area contributed by atoms with E-state index in [2.05, 4.69) is 24.0 Å². The first-order chi connectivity index (χ1) is 14.2. The first kappa shape index (κ1) is 18.7. The van der Waals surface area contributed by atoms with Gasteiger partial charge in [-0.25, -0.2) is 4.98 Å². The van der Waals surface area contributed by atoms with Crippen LogP contribution in [0.15, 0.2) is 45.4 Å². The molecule has 0 saturated carbocycles. The maximum absolute atomic E-state index is 12.8. The highest BCUT2D eigenvalue weighted by Gasteiger charge is 2.15. The Labute approximate surface area is 179 Å². The number of aromatic nitrogens is 2. The van der Waals surface area contributed by atoms with E-state index in [4.69, 9.17) is 14.5 Å². The van der Waals surface area contributed by atoms with Gasteiger partial charge in [-0.2, -0.15) is 0 Å². The second-order valence-corrected chi connectivity index (χ2v) is 9.89. The van der Waals surface area contributed by atoms with Gasteiger partial charge < -0.3 is 14.5 Å². The fourth-order valence-corrected chi connectivity index (χ4v) is 5.92. The molecule has 1 aliphatic rings. The van der Waals surface area contributed by atoms with Crippen molar-refractivity contribution in [3.63, 3.8) is 0 Å². The van der Waals surface area contributed by atoms with Crippen LogP contribution in [-0.4, -0.2) is 23.2 Å². The molecule has 0 amide bonds. The molecule has 8 heteroatoms. The van der Waals surface area contributed by atoms with Gasteiger partial charge in [-0.3, -0.25) is 4.79 Å². The highest BCUT2D eigenvalue weighted by Crippen LogP contribution is 2.36. The maximum Gasteiger partial charge on any atom is 0.260 e. The lowest BCUT2D eigenvalue weighted by Crippen LogP contribution is -2.10. The maximum atomic E-state index is 12.8. The van der Waals surface area contributed by atoms with Gasteiger partial charge in [0.1, 0.15) is 10.7 Å². The number of aryl methyl sites for hydroxylation is 1. The van der Waals surface area contributed by atoms with Gasteiger partial charge >= 0.3 is 0 Å². The predicted molar refractivity (Wildman–Crippen MR) is 120 cm³/mol. The molecule has 0 aliphatic carbocycles. The number of nitrogens with zero attached hydrogens (tertiary/aromatic N) is 1. The zero-order valence-electron chi connectivity index (χ0n) is 15.7. The molecule has 1 aromatic carbocycles. The first-order valence-electron chi connectivity index (χ1n) is 9.27. The van der Waals surface area contributed by atoms with E-state index in [-0.39, 0.29) is 5.56 Å². The molecule has 0 fully saturated rings. The molecule has 4 heterocycles. The Bertz CT molecular complexity index is 1240. The second kappa shape index (κ2) is 7.85. The summed E-state index contributed by atoms with van der Waals surface area (Å²) in [6, 6.07) is 10.1. The Morgan fingerprint density at radius 1 is 1.17 bits per heavy atom. The molecule has 0 radical (unpaired) electrons. The van der Waals surface area contributed by atoms with Crippen LogP contribution < -0.4 is 15.0 Å². The van der Waals surface area contributed by atoms with Gasteiger partial charge in [0, 0.05) is 32.0 Å². The van der Waals surface area contributed by atoms with E-state index in [0.29, 0.717) is 30.2 Å². The minimum atomic E-state index is -0.0773. The number of H-pyrrole nitrogens is 1. The van der Waals surface area contributed by atoms with Crippen molar-refractivity contribution in [2.24, 2.45) is 0 Å². The molecule has 1 aliphatic heterocycles. The van der Waals surface area contributed by atoms with Gasteiger partial charge in [0.05, 0.1) is 24.4 Å². The Hall–Kier alpha value is -2.29. The summed E-state index contributed by atoms with van der Waals surface area (Å²) >= 11 is 4.83. The Morgan fingerprint density at radius 2 is 2.03 bits per heavy atom. The molecule has 0 unspecified atom stereocenters. The van der Waals surface area contributed by atoms with Crippen molar-refractivity contribution >= 4 is 44.7 Å². The fraction of sp³-hybridized carbons (Fsp3) is 0.238. The molecule has 148 valence electrons. The van der Waals surface area contributed by atoms with Crippen molar-refractivity contribution in [1.82, 2.24) is 9.97 Å². The van der Waals surface area contributed by atoms with E-state index >= 15 is 0 Å². The number of nitrogens with one attached hydrogen (secondary N) is 1. The summed E-state index contributed by atoms with van der Waals surface area (Å²) in [6.45, 7) is 3.41. The molecule has 5 nitrogen and oxygen atoms in total. The van der Waals surface area contributed by atoms with Crippen LogP contribution in [0.3, 0.4) is 0 Å². The van der Waals surface area contributed by atoms with Crippen LogP contribution in [0.25, 0.3) is 20.7 Å². The van der Waals surface area contributed by atoms with Crippen molar-refractivity contribution in [2.75, 3.05) is 13.2 Å². The summed E-state index contributed by atoms with van der Waals surface area (Å²) in [4.78, 5) is 24.6. The standard InChI is InChI=1S/C21H18N2O3S3/c1-12-3-6-17(29-12)14-10-28-21-19(14)20(24)22-18(23-21)11-27-13-4-5-15-16(9-13)26-8-2-7-25-15/h3-6,9-10H,2,7-8,11H2,1H3,(H,22,23,24). The van der Waals surface area contributed by atoms with Crippen molar-refractivity contribution in [3.05, 3.63) is 56.8 Å². The zero-order chi connectivity index (χ0) is 19.8. The monoisotopic (exact) mass is 442 g/mol. The van der Waals surface area contributed by atoms with Gasteiger partial charge in [-0.15, -0.1) is 34.4 Å². The Morgan fingerprint density at radius 3 is 2.86 bits per heavy atom. The number of thiophene rings is 2. The van der Waals surface area contributed by atoms with Crippen LogP contribution in [0.4, 0.5) is 0 Å². The van der Waals surface area contributed by atoms with E-state index in [1.807, 2.05) is 23.6 Å². The van der Waals surface area contributed by atoms with Crippen LogP contribution in [0.5, 0.6) is 11.5 Å². The summed E-state index contributed by atoms with van der Waals surface area (Å²) in [6.07, 6.45) is 0.885. The van der Waals surface area contributed by atoms with E-state index in [9.17, 15) is 4.79 Å². The molecule has 0 bridgehead atoms. The average molecular weight is 443 g/mol. The Balaban J connectivity index is 1.39. The van der Waals surface area contributed by atoms with Gasteiger partial charge in [-0.1, -0.05) is 0 Å². The molecule has 4 aromatic rings. The molecule has 0 atom stereocenters. The second-order valence-electron chi connectivity index (χ2n) is 6.70. The van der Waals surface area contributed by atoms with Gasteiger partial charge in [0.25, 0.3) is 5.56 Å². The summed E-state index contributed by atoms with van der Waals surface area (Å²) in [7, 11) is 0. The molecule has 29 heavy (non-hydrogen) atoms. The largest absolute Gasteiger partial charge is 0.490 e. The number of rotatable bonds is 4. The number of hydrogen-bond acceptors (Lipinski definition) is 7. The molecular formula is C21H18N2O3S3. The van der Waals surface area contributed by atoms with E-state index in [1.165, 1.54) is 16.2 Å². The molecular weight excluding hydrogens is 424 g/mol. The highest BCUT2D eigenvalue weighted by molar-refractivity contribution is 7.98. The smallest absolute Gasteiger partial charge is 0.260 e. The van der Waals surface area contributed by atoms with Gasteiger partial charge in [-0.05, 0) is 37.3 Å². The van der Waals surface area contributed by atoms with Crippen molar-refractivity contribution in [2.45, 2.75) is 24.0 Å². The van der Waals surface area contributed by atoms with E-state index in [1.54, 1.807) is 23.1 Å². The van der Waals surface area contributed by atoms with Crippen LogP contribution in [0.1, 0.15) is 17.1 Å². The lowest BCUT2D eigenvalue weighted by Gasteiger charge is -2.09. The minimum Gasteiger partial charge on any atom is -0.490 e. The molecule has 1 N–H and O–H groups in total. The van der Waals surface area contributed by atoms with E-state index in [0.717, 1.165) is 38.1 Å². The Kier molecular flexibility index (Phi) is 5.07. The normalized spacial score (nSPS) is 13.6. The third-order valence-electron chi connectivity index (χ3n) is 4.59. The van der Waals surface area contributed by atoms with Crippen LogP contribution in [0, 0.1) is 6.92 Å². The number of fused-ring (bicyclic) bond motifs is 2. The first-order valence-corrected chi connectivity index (χ1v) is 12.0. The number of ether oxygens (including phenoxy) is 2. The lowest BCUT2D eigenvalue weighted by molar-refractivity contribution is 0.297.